The van der Waals surface area contributed by atoms with Gasteiger partial charge in [0.05, 0.1) is 0 Å². The molecule has 0 aliphatic carbocycles. The molecule has 1 N–H and O–H groups in total. The van der Waals surface area contributed by atoms with E-state index >= 15 is 0 Å². The summed E-state index contributed by atoms with van der Waals surface area (Å²) in [4.78, 5) is 18.7. The first-order chi connectivity index (χ1) is 11.4. The highest BCUT2D eigenvalue weighted by Crippen LogP contribution is 2.31. The number of likely N-dealkylation sites (N-methyl/N-ethyl adjacent to an activating group) is 1. The smallest absolute Gasteiger partial charge is 0.317 e. The molecule has 24 heavy (non-hydrogen) atoms. The number of piperazine rings is 1. The highest BCUT2D eigenvalue weighted by atomic mass is 16.2. The fraction of sp³-hybridized carbons (Fsp3) is 0.632. The number of nitrogens with zero attached hydrogens (tertiary/aromatic N) is 3. The van der Waals surface area contributed by atoms with Gasteiger partial charge in [0.1, 0.15) is 0 Å². The number of carbonyl (C=O) groups excluding carboxylic acids is 1. The Balaban J connectivity index is 1.95. The van der Waals surface area contributed by atoms with E-state index in [9.17, 15) is 4.79 Å². The maximum atomic E-state index is 12.2. The Morgan fingerprint density at radius 1 is 1.21 bits per heavy atom. The highest BCUT2D eigenvalue weighted by molar-refractivity contribution is 5.74. The zero-order valence-electron chi connectivity index (χ0n) is 15.8. The third kappa shape index (κ3) is 4.63. The van der Waals surface area contributed by atoms with Crippen LogP contribution in [0.15, 0.2) is 18.2 Å². The van der Waals surface area contributed by atoms with Crippen LogP contribution in [0.5, 0.6) is 0 Å². The summed E-state index contributed by atoms with van der Waals surface area (Å²) in [6, 6.07) is 6.61. The molecule has 1 aliphatic heterocycles. The van der Waals surface area contributed by atoms with Crippen LogP contribution in [0.4, 0.5) is 10.5 Å². The molecule has 1 aromatic rings. The standard InChI is InChI=1S/C19H32N4O/c1-15(2)17-8-6-7-16(3)18(17)22-11-13-23(14-12-22)19(24)20-9-10-21(4)5/h6-8,15H,9-14H2,1-5H3,(H,20,24). The Morgan fingerprint density at radius 2 is 1.88 bits per heavy atom. The molecule has 0 saturated carbocycles. The van der Waals surface area contributed by atoms with Crippen LogP contribution in [-0.4, -0.2) is 69.2 Å². The lowest BCUT2D eigenvalue weighted by molar-refractivity contribution is 0.193. The number of aryl methyl sites for hydroxylation is 1. The summed E-state index contributed by atoms with van der Waals surface area (Å²) in [7, 11) is 4.03. The van der Waals surface area contributed by atoms with Crippen molar-refractivity contribution in [3.8, 4) is 0 Å². The predicted octanol–water partition coefficient (Wildman–Crippen LogP) is 2.51. The number of rotatable bonds is 5. The van der Waals surface area contributed by atoms with Gasteiger partial charge in [-0.2, -0.15) is 0 Å². The first-order valence-electron chi connectivity index (χ1n) is 8.92. The van der Waals surface area contributed by atoms with Gasteiger partial charge in [0.2, 0.25) is 0 Å². The Labute approximate surface area is 146 Å². The third-order valence-electron chi connectivity index (χ3n) is 4.61. The molecule has 0 spiro atoms. The average Bonchev–Trinajstić information content (AvgIpc) is 2.54. The number of benzene rings is 1. The minimum Gasteiger partial charge on any atom is -0.368 e. The number of para-hydroxylation sites is 1. The van der Waals surface area contributed by atoms with Crippen molar-refractivity contribution in [1.29, 1.82) is 0 Å². The Bertz CT molecular complexity index is 548. The third-order valence-corrected chi connectivity index (χ3v) is 4.61. The monoisotopic (exact) mass is 332 g/mol. The van der Waals surface area contributed by atoms with Crippen molar-refractivity contribution in [1.82, 2.24) is 15.1 Å². The Hall–Kier alpha value is -1.75. The van der Waals surface area contributed by atoms with Crippen LogP contribution in [0.1, 0.15) is 30.9 Å². The molecular formula is C19H32N4O. The summed E-state index contributed by atoms with van der Waals surface area (Å²) in [6.45, 7) is 11.6. The molecule has 1 saturated heterocycles. The van der Waals surface area contributed by atoms with E-state index in [0.29, 0.717) is 12.5 Å². The van der Waals surface area contributed by atoms with E-state index in [0.717, 1.165) is 32.7 Å². The largest absolute Gasteiger partial charge is 0.368 e. The van der Waals surface area contributed by atoms with Crippen molar-refractivity contribution in [2.75, 3.05) is 58.3 Å². The van der Waals surface area contributed by atoms with Gasteiger partial charge in [-0.3, -0.25) is 0 Å². The molecule has 0 radical (unpaired) electrons. The summed E-state index contributed by atoms with van der Waals surface area (Å²) in [5.74, 6) is 0.507. The van der Waals surface area contributed by atoms with Gasteiger partial charge >= 0.3 is 6.03 Å². The molecule has 5 nitrogen and oxygen atoms in total. The molecular weight excluding hydrogens is 300 g/mol. The van der Waals surface area contributed by atoms with Gasteiger partial charge in [-0.15, -0.1) is 0 Å². The molecule has 0 atom stereocenters. The molecule has 134 valence electrons. The minimum absolute atomic E-state index is 0.0605. The maximum absolute atomic E-state index is 12.2. The van der Waals surface area contributed by atoms with E-state index in [4.69, 9.17) is 0 Å². The minimum atomic E-state index is 0.0605. The number of hydrogen-bond acceptors (Lipinski definition) is 3. The maximum Gasteiger partial charge on any atom is 0.317 e. The Morgan fingerprint density at radius 3 is 2.46 bits per heavy atom. The molecule has 5 heteroatoms. The SMILES string of the molecule is Cc1cccc(C(C)C)c1N1CCN(C(=O)NCCN(C)C)CC1. The van der Waals surface area contributed by atoms with Crippen LogP contribution in [0.2, 0.25) is 0 Å². The molecule has 1 heterocycles. The first kappa shape index (κ1) is 18.6. The second-order valence-electron chi connectivity index (χ2n) is 7.18. The zero-order valence-corrected chi connectivity index (χ0v) is 15.8. The summed E-state index contributed by atoms with van der Waals surface area (Å²) in [5, 5.41) is 3.01. The summed E-state index contributed by atoms with van der Waals surface area (Å²) in [6.07, 6.45) is 0. The van der Waals surface area contributed by atoms with Crippen LogP contribution >= 0.6 is 0 Å². The lowest BCUT2D eigenvalue weighted by Crippen LogP contribution is -2.52. The van der Waals surface area contributed by atoms with E-state index < -0.39 is 0 Å². The molecule has 0 aromatic heterocycles. The van der Waals surface area contributed by atoms with Crippen molar-refractivity contribution < 1.29 is 4.79 Å². The van der Waals surface area contributed by atoms with Crippen LogP contribution in [0, 0.1) is 6.92 Å². The average molecular weight is 332 g/mol. The zero-order chi connectivity index (χ0) is 17.7. The number of carbonyl (C=O) groups is 1. The number of amides is 2. The lowest BCUT2D eigenvalue weighted by Gasteiger charge is -2.38. The molecule has 1 aromatic carbocycles. The first-order valence-corrected chi connectivity index (χ1v) is 8.92. The second-order valence-corrected chi connectivity index (χ2v) is 7.18. The molecule has 0 bridgehead atoms. The van der Waals surface area contributed by atoms with Gasteiger partial charge in [-0.25, -0.2) is 4.79 Å². The number of hydrogen-bond donors (Lipinski definition) is 1. The number of urea groups is 1. The van der Waals surface area contributed by atoms with Gasteiger partial charge in [0.25, 0.3) is 0 Å². The fourth-order valence-corrected chi connectivity index (χ4v) is 3.21. The van der Waals surface area contributed by atoms with Crippen molar-refractivity contribution in [3.63, 3.8) is 0 Å². The van der Waals surface area contributed by atoms with Crippen LogP contribution < -0.4 is 10.2 Å². The second kappa shape index (κ2) is 8.38. The quantitative estimate of drug-likeness (QED) is 0.900. The number of nitrogens with one attached hydrogen (secondary N) is 1. The molecule has 2 rings (SSSR count). The van der Waals surface area contributed by atoms with Gasteiger partial charge in [0, 0.05) is 45.0 Å². The van der Waals surface area contributed by atoms with Crippen LogP contribution in [0.25, 0.3) is 0 Å². The Kier molecular flexibility index (Phi) is 6.49. The van der Waals surface area contributed by atoms with Crippen molar-refractivity contribution in [3.05, 3.63) is 29.3 Å². The van der Waals surface area contributed by atoms with Gasteiger partial charge in [-0.05, 0) is 38.1 Å². The fourth-order valence-electron chi connectivity index (χ4n) is 3.21. The van der Waals surface area contributed by atoms with Gasteiger partial charge < -0.3 is 20.0 Å². The lowest BCUT2D eigenvalue weighted by atomic mass is 9.97. The van der Waals surface area contributed by atoms with E-state index in [1.807, 2.05) is 19.0 Å². The summed E-state index contributed by atoms with van der Waals surface area (Å²) >= 11 is 0. The van der Waals surface area contributed by atoms with Crippen molar-refractivity contribution in [2.24, 2.45) is 0 Å². The van der Waals surface area contributed by atoms with Crippen LogP contribution in [-0.2, 0) is 0 Å². The van der Waals surface area contributed by atoms with Crippen molar-refractivity contribution in [2.45, 2.75) is 26.7 Å². The predicted molar refractivity (Wildman–Crippen MR) is 101 cm³/mol. The normalized spacial score (nSPS) is 15.3. The van der Waals surface area contributed by atoms with Crippen molar-refractivity contribution >= 4 is 11.7 Å². The highest BCUT2D eigenvalue weighted by Gasteiger charge is 2.23. The molecule has 0 unspecified atom stereocenters. The van der Waals surface area contributed by atoms with E-state index in [-0.39, 0.29) is 6.03 Å². The molecule has 2 amide bonds. The van der Waals surface area contributed by atoms with E-state index in [1.165, 1.54) is 16.8 Å². The topological polar surface area (TPSA) is 38.8 Å². The van der Waals surface area contributed by atoms with Gasteiger partial charge in [-0.1, -0.05) is 32.0 Å². The number of anilines is 1. The summed E-state index contributed by atoms with van der Waals surface area (Å²) in [5.41, 5.74) is 4.09. The molecule has 1 aliphatic rings. The molecule has 1 fully saturated rings. The van der Waals surface area contributed by atoms with E-state index in [2.05, 4.69) is 54.1 Å². The summed E-state index contributed by atoms with van der Waals surface area (Å²) < 4.78 is 0. The van der Waals surface area contributed by atoms with Gasteiger partial charge in [0.15, 0.2) is 0 Å². The van der Waals surface area contributed by atoms with Crippen LogP contribution in [0.3, 0.4) is 0 Å². The van der Waals surface area contributed by atoms with E-state index in [1.54, 1.807) is 0 Å².